The van der Waals surface area contributed by atoms with Gasteiger partial charge in [0, 0.05) is 6.54 Å². The normalized spacial score (nSPS) is 16.8. The molecule has 2 rings (SSSR count). The van der Waals surface area contributed by atoms with Crippen LogP contribution in [0.4, 0.5) is 17.6 Å². The van der Waals surface area contributed by atoms with Gasteiger partial charge in [-0.15, -0.1) is 0 Å². The van der Waals surface area contributed by atoms with Crippen LogP contribution in [0.2, 0.25) is 0 Å². The number of ketones is 1. The van der Waals surface area contributed by atoms with Crippen molar-refractivity contribution in [3.05, 3.63) is 35.1 Å². The largest absolute Gasteiger partial charge is 0.419 e. The van der Waals surface area contributed by atoms with Gasteiger partial charge in [-0.2, -0.15) is 13.2 Å². The second-order valence-corrected chi connectivity index (χ2v) is 5.50. The molecule has 2 nitrogen and oxygen atoms in total. The molecule has 0 radical (unpaired) electrons. The van der Waals surface area contributed by atoms with Crippen molar-refractivity contribution in [2.45, 2.75) is 31.9 Å². The Bertz CT molecular complexity index is 523. The lowest BCUT2D eigenvalue weighted by molar-refractivity contribution is -0.140. The molecule has 0 aliphatic heterocycles. The SMILES string of the molecule is CC(=O)C(CNCC1CC1)c1ccc(C(F)(F)F)c(F)c1. The summed E-state index contributed by atoms with van der Waals surface area (Å²) in [5.41, 5.74) is -1.03. The first kappa shape index (κ1) is 15.9. The summed E-state index contributed by atoms with van der Waals surface area (Å²) in [5, 5.41) is 3.13. The smallest absolute Gasteiger partial charge is 0.315 e. The van der Waals surface area contributed by atoms with Gasteiger partial charge >= 0.3 is 6.18 Å². The van der Waals surface area contributed by atoms with Crippen molar-refractivity contribution < 1.29 is 22.4 Å². The highest BCUT2D eigenvalue weighted by atomic mass is 19.4. The second kappa shape index (κ2) is 6.13. The zero-order valence-corrected chi connectivity index (χ0v) is 11.6. The van der Waals surface area contributed by atoms with Crippen molar-refractivity contribution in [2.75, 3.05) is 13.1 Å². The predicted molar refractivity (Wildman–Crippen MR) is 70.4 cm³/mol. The van der Waals surface area contributed by atoms with E-state index in [-0.39, 0.29) is 11.3 Å². The number of alkyl halides is 3. The fraction of sp³-hybridized carbons (Fsp3) is 0.533. The van der Waals surface area contributed by atoms with E-state index in [0.717, 1.165) is 25.5 Å². The molecule has 0 aromatic heterocycles. The molecule has 0 saturated heterocycles. The Morgan fingerprint density at radius 1 is 1.38 bits per heavy atom. The number of rotatable bonds is 6. The van der Waals surface area contributed by atoms with E-state index in [1.165, 1.54) is 13.0 Å². The molecule has 6 heteroatoms. The summed E-state index contributed by atoms with van der Waals surface area (Å²) in [7, 11) is 0. The van der Waals surface area contributed by atoms with E-state index in [1.807, 2.05) is 0 Å². The maximum Gasteiger partial charge on any atom is 0.419 e. The fourth-order valence-electron chi connectivity index (χ4n) is 2.23. The number of carbonyl (C=O) groups is 1. The van der Waals surface area contributed by atoms with Crippen molar-refractivity contribution in [1.29, 1.82) is 0 Å². The van der Waals surface area contributed by atoms with Gasteiger partial charge in [0.2, 0.25) is 0 Å². The number of benzene rings is 1. The van der Waals surface area contributed by atoms with Crippen molar-refractivity contribution in [3.8, 4) is 0 Å². The van der Waals surface area contributed by atoms with Crippen LogP contribution in [0.25, 0.3) is 0 Å². The molecule has 1 aliphatic rings. The molecule has 1 aliphatic carbocycles. The standard InChI is InChI=1S/C15H17F4NO/c1-9(21)12(8-20-7-10-2-3-10)11-4-5-13(14(16)6-11)15(17,18)19/h4-6,10,12,20H,2-3,7-8H2,1H3. The van der Waals surface area contributed by atoms with Gasteiger partial charge < -0.3 is 5.32 Å². The molecule has 1 saturated carbocycles. The molecule has 0 spiro atoms. The third kappa shape index (κ3) is 4.27. The Hall–Kier alpha value is -1.43. The van der Waals surface area contributed by atoms with E-state index >= 15 is 0 Å². The first-order valence-corrected chi connectivity index (χ1v) is 6.87. The number of nitrogens with one attached hydrogen (secondary N) is 1. The maximum atomic E-state index is 13.6. The molecule has 0 heterocycles. The third-order valence-corrected chi connectivity index (χ3v) is 3.67. The average Bonchev–Trinajstić information content (AvgIpc) is 3.16. The summed E-state index contributed by atoms with van der Waals surface area (Å²) in [6.07, 6.45) is -2.40. The Kier molecular flexibility index (Phi) is 4.66. The van der Waals surface area contributed by atoms with E-state index in [9.17, 15) is 22.4 Å². The Balaban J connectivity index is 2.11. The van der Waals surface area contributed by atoms with Crippen LogP contribution in [0.5, 0.6) is 0 Å². The highest BCUT2D eigenvalue weighted by molar-refractivity contribution is 5.83. The zero-order valence-electron chi connectivity index (χ0n) is 11.6. The number of halogens is 4. The summed E-state index contributed by atoms with van der Waals surface area (Å²) in [5.74, 6) is -1.53. The molecule has 1 atom stereocenters. The number of carbonyl (C=O) groups excluding carboxylic acids is 1. The lowest BCUT2D eigenvalue weighted by atomic mass is 9.94. The van der Waals surface area contributed by atoms with Crippen LogP contribution >= 0.6 is 0 Å². The number of hydrogen-bond acceptors (Lipinski definition) is 2. The molecule has 1 fully saturated rings. The lowest BCUT2D eigenvalue weighted by Gasteiger charge is -2.17. The molecule has 21 heavy (non-hydrogen) atoms. The summed E-state index contributed by atoms with van der Waals surface area (Å²) in [4.78, 5) is 11.6. The van der Waals surface area contributed by atoms with Crippen molar-refractivity contribution in [1.82, 2.24) is 5.32 Å². The molecule has 1 aromatic rings. The highest BCUT2D eigenvalue weighted by Gasteiger charge is 2.34. The number of Topliss-reactive ketones (excluding diaryl/α,β-unsaturated/α-hetero) is 1. The minimum absolute atomic E-state index is 0.197. The van der Waals surface area contributed by atoms with Crippen LogP contribution in [0, 0.1) is 11.7 Å². The summed E-state index contributed by atoms with van der Waals surface area (Å²) >= 11 is 0. The maximum absolute atomic E-state index is 13.6. The number of hydrogen-bond donors (Lipinski definition) is 1. The van der Waals surface area contributed by atoms with Gasteiger partial charge in [-0.3, -0.25) is 4.79 Å². The van der Waals surface area contributed by atoms with Gasteiger partial charge in [0.25, 0.3) is 0 Å². The van der Waals surface area contributed by atoms with Crippen LogP contribution in [0.1, 0.15) is 36.8 Å². The highest BCUT2D eigenvalue weighted by Crippen LogP contribution is 2.33. The van der Waals surface area contributed by atoms with Gasteiger partial charge in [-0.05, 0) is 49.9 Å². The predicted octanol–water partition coefficient (Wildman–Crippen LogP) is 3.52. The zero-order chi connectivity index (χ0) is 15.6. The molecular weight excluding hydrogens is 286 g/mol. The van der Waals surface area contributed by atoms with Crippen molar-refractivity contribution in [2.24, 2.45) is 5.92 Å². The summed E-state index contributed by atoms with van der Waals surface area (Å²) in [6.45, 7) is 2.46. The van der Waals surface area contributed by atoms with E-state index in [4.69, 9.17) is 0 Å². The molecule has 1 N–H and O–H groups in total. The topological polar surface area (TPSA) is 29.1 Å². The van der Waals surface area contributed by atoms with Crippen molar-refractivity contribution >= 4 is 5.78 Å². The van der Waals surface area contributed by atoms with Gasteiger partial charge in [-0.1, -0.05) is 6.07 Å². The first-order valence-electron chi connectivity index (χ1n) is 6.87. The average molecular weight is 303 g/mol. The Labute approximate surface area is 120 Å². The van der Waals surface area contributed by atoms with E-state index in [1.54, 1.807) is 0 Å². The summed E-state index contributed by atoms with van der Waals surface area (Å²) in [6, 6.07) is 2.69. The van der Waals surface area contributed by atoms with Crippen LogP contribution in [-0.2, 0) is 11.0 Å². The quantitative estimate of drug-likeness (QED) is 0.815. The first-order chi connectivity index (χ1) is 9.79. The van der Waals surface area contributed by atoms with Crippen molar-refractivity contribution in [3.63, 3.8) is 0 Å². The third-order valence-electron chi connectivity index (χ3n) is 3.67. The van der Waals surface area contributed by atoms with E-state index in [0.29, 0.717) is 18.5 Å². The van der Waals surface area contributed by atoms with Gasteiger partial charge in [0.05, 0.1) is 11.5 Å². The van der Waals surface area contributed by atoms with Crippen LogP contribution in [-0.4, -0.2) is 18.9 Å². The van der Waals surface area contributed by atoms with E-state index in [2.05, 4.69) is 5.32 Å². The summed E-state index contributed by atoms with van der Waals surface area (Å²) < 4.78 is 51.1. The minimum Gasteiger partial charge on any atom is -0.315 e. The molecule has 1 unspecified atom stereocenters. The molecule has 0 bridgehead atoms. The monoisotopic (exact) mass is 303 g/mol. The van der Waals surface area contributed by atoms with E-state index < -0.39 is 23.5 Å². The van der Waals surface area contributed by atoms with Gasteiger partial charge in [0.1, 0.15) is 11.6 Å². The fourth-order valence-corrected chi connectivity index (χ4v) is 2.23. The molecule has 116 valence electrons. The second-order valence-electron chi connectivity index (χ2n) is 5.50. The van der Waals surface area contributed by atoms with Gasteiger partial charge in [0.15, 0.2) is 0 Å². The molecule has 0 amide bonds. The lowest BCUT2D eigenvalue weighted by Crippen LogP contribution is -2.27. The van der Waals surface area contributed by atoms with Crippen LogP contribution < -0.4 is 5.32 Å². The Morgan fingerprint density at radius 3 is 2.52 bits per heavy atom. The van der Waals surface area contributed by atoms with Crippen LogP contribution in [0.3, 0.4) is 0 Å². The minimum atomic E-state index is -4.72. The molecule has 1 aromatic carbocycles. The molecular formula is C15H17F4NO. The van der Waals surface area contributed by atoms with Crippen LogP contribution in [0.15, 0.2) is 18.2 Å². The Morgan fingerprint density at radius 2 is 2.05 bits per heavy atom. The van der Waals surface area contributed by atoms with Gasteiger partial charge in [-0.25, -0.2) is 4.39 Å².